The van der Waals surface area contributed by atoms with Crippen molar-refractivity contribution in [3.8, 4) is 5.75 Å². The third-order valence-electron chi connectivity index (χ3n) is 3.02. The second kappa shape index (κ2) is 6.74. The fourth-order valence-corrected chi connectivity index (χ4v) is 3.13. The van der Waals surface area contributed by atoms with Crippen LogP contribution in [-0.4, -0.2) is 11.7 Å². The van der Waals surface area contributed by atoms with Crippen molar-refractivity contribution in [3.05, 3.63) is 62.0 Å². The summed E-state index contributed by atoms with van der Waals surface area (Å²) in [6.07, 6.45) is -0.732. The topological polar surface area (TPSA) is 29.5 Å². The summed E-state index contributed by atoms with van der Waals surface area (Å²) >= 11 is 6.95. The van der Waals surface area contributed by atoms with E-state index in [-0.39, 0.29) is 0 Å². The van der Waals surface area contributed by atoms with Gasteiger partial charge in [0.15, 0.2) is 0 Å². The molecule has 106 valence electrons. The summed E-state index contributed by atoms with van der Waals surface area (Å²) in [6, 6.07) is 11.6. The maximum Gasteiger partial charge on any atom is 0.125 e. The van der Waals surface area contributed by atoms with Crippen LogP contribution in [0, 0.1) is 6.92 Å². The zero-order chi connectivity index (χ0) is 14.7. The number of ether oxygens (including phenoxy) is 1. The highest BCUT2D eigenvalue weighted by molar-refractivity contribution is 9.10. The first-order valence-electron chi connectivity index (χ1n) is 6.39. The van der Waals surface area contributed by atoms with Crippen LogP contribution in [0.3, 0.4) is 0 Å². The van der Waals surface area contributed by atoms with Crippen molar-refractivity contribution in [1.29, 1.82) is 0 Å². The minimum atomic E-state index is -0.732. The Morgan fingerprint density at radius 2 is 1.85 bits per heavy atom. The van der Waals surface area contributed by atoms with Crippen LogP contribution in [-0.2, 0) is 0 Å². The molecule has 0 bridgehead atoms. The van der Waals surface area contributed by atoms with Gasteiger partial charge in [-0.05, 0) is 49.2 Å². The monoisotopic (exact) mass is 398 g/mol. The summed E-state index contributed by atoms with van der Waals surface area (Å²) < 4.78 is 7.41. The second-order valence-electron chi connectivity index (χ2n) is 4.54. The van der Waals surface area contributed by atoms with Crippen LogP contribution in [0.2, 0.25) is 0 Å². The lowest BCUT2D eigenvalue weighted by atomic mass is 10.00. The number of rotatable bonds is 4. The highest BCUT2D eigenvalue weighted by Gasteiger charge is 2.18. The Bertz CT molecular complexity index is 611. The van der Waals surface area contributed by atoms with E-state index in [2.05, 4.69) is 31.9 Å². The molecule has 2 rings (SSSR count). The zero-order valence-corrected chi connectivity index (χ0v) is 14.5. The van der Waals surface area contributed by atoms with E-state index in [0.717, 1.165) is 25.6 Å². The van der Waals surface area contributed by atoms with Gasteiger partial charge in [0.1, 0.15) is 11.9 Å². The first-order chi connectivity index (χ1) is 9.52. The normalized spacial score (nSPS) is 12.2. The van der Waals surface area contributed by atoms with Crippen LogP contribution in [0.1, 0.15) is 29.7 Å². The maximum atomic E-state index is 10.7. The Morgan fingerprint density at radius 3 is 2.50 bits per heavy atom. The molecular formula is C16H16Br2O2. The van der Waals surface area contributed by atoms with Crippen LogP contribution in [0.25, 0.3) is 0 Å². The van der Waals surface area contributed by atoms with Gasteiger partial charge in [0.25, 0.3) is 0 Å². The molecule has 0 aromatic heterocycles. The molecular weight excluding hydrogens is 384 g/mol. The van der Waals surface area contributed by atoms with Crippen molar-refractivity contribution >= 4 is 31.9 Å². The fourth-order valence-electron chi connectivity index (χ4n) is 2.04. The van der Waals surface area contributed by atoms with E-state index in [1.807, 2.05) is 50.2 Å². The Hall–Kier alpha value is -0.840. The third-order valence-corrected chi connectivity index (χ3v) is 4.20. The minimum Gasteiger partial charge on any atom is -0.493 e. The minimum absolute atomic E-state index is 0.566. The Labute approximate surface area is 136 Å². The number of benzene rings is 2. The quantitative estimate of drug-likeness (QED) is 0.783. The van der Waals surface area contributed by atoms with Gasteiger partial charge in [-0.25, -0.2) is 0 Å². The van der Waals surface area contributed by atoms with E-state index in [9.17, 15) is 5.11 Å². The van der Waals surface area contributed by atoms with Gasteiger partial charge in [0.05, 0.1) is 6.61 Å². The van der Waals surface area contributed by atoms with Gasteiger partial charge < -0.3 is 9.84 Å². The van der Waals surface area contributed by atoms with E-state index in [1.165, 1.54) is 0 Å². The van der Waals surface area contributed by atoms with Crippen molar-refractivity contribution in [3.63, 3.8) is 0 Å². The largest absolute Gasteiger partial charge is 0.493 e. The molecule has 2 aromatic rings. The molecule has 1 unspecified atom stereocenters. The smallest absolute Gasteiger partial charge is 0.125 e. The molecule has 2 nitrogen and oxygen atoms in total. The van der Waals surface area contributed by atoms with Gasteiger partial charge in [-0.15, -0.1) is 0 Å². The zero-order valence-electron chi connectivity index (χ0n) is 11.4. The predicted octanol–water partition coefficient (Wildman–Crippen LogP) is 5.00. The summed E-state index contributed by atoms with van der Waals surface area (Å²) in [6.45, 7) is 4.52. The van der Waals surface area contributed by atoms with Gasteiger partial charge in [-0.1, -0.05) is 44.0 Å². The van der Waals surface area contributed by atoms with E-state index in [0.29, 0.717) is 12.4 Å². The number of halogens is 2. The number of aryl methyl sites for hydroxylation is 1. The standard InChI is InChI=1S/C16H16Br2O2/c1-3-20-15-7-5-11(17)9-13(15)16(19)12-6-4-10(2)8-14(12)18/h4-9,16,19H,3H2,1-2H3. The average molecular weight is 400 g/mol. The van der Waals surface area contributed by atoms with E-state index < -0.39 is 6.10 Å². The molecule has 0 aliphatic heterocycles. The number of aliphatic hydroxyl groups excluding tert-OH is 1. The van der Waals surface area contributed by atoms with Gasteiger partial charge in [-0.2, -0.15) is 0 Å². The Kier molecular flexibility index (Phi) is 5.24. The van der Waals surface area contributed by atoms with Crippen molar-refractivity contribution in [2.75, 3.05) is 6.61 Å². The van der Waals surface area contributed by atoms with Gasteiger partial charge >= 0.3 is 0 Å². The molecule has 1 N–H and O–H groups in total. The summed E-state index contributed by atoms with van der Waals surface area (Å²) in [4.78, 5) is 0. The van der Waals surface area contributed by atoms with Gasteiger partial charge in [0, 0.05) is 14.5 Å². The van der Waals surface area contributed by atoms with E-state index in [4.69, 9.17) is 4.74 Å². The van der Waals surface area contributed by atoms with Crippen LogP contribution in [0.15, 0.2) is 45.3 Å². The molecule has 0 radical (unpaired) electrons. The molecule has 0 aliphatic rings. The molecule has 0 heterocycles. The van der Waals surface area contributed by atoms with E-state index in [1.54, 1.807) is 0 Å². The van der Waals surface area contributed by atoms with Gasteiger partial charge in [0.2, 0.25) is 0 Å². The molecule has 0 saturated heterocycles. The summed E-state index contributed by atoms with van der Waals surface area (Å²) in [5, 5.41) is 10.7. The fraction of sp³-hybridized carbons (Fsp3) is 0.250. The van der Waals surface area contributed by atoms with Crippen molar-refractivity contribution < 1.29 is 9.84 Å². The van der Waals surface area contributed by atoms with Crippen molar-refractivity contribution in [2.24, 2.45) is 0 Å². The molecule has 2 aromatic carbocycles. The van der Waals surface area contributed by atoms with Gasteiger partial charge in [-0.3, -0.25) is 0 Å². The molecule has 0 saturated carbocycles. The number of hydrogen-bond donors (Lipinski definition) is 1. The maximum absolute atomic E-state index is 10.7. The molecule has 0 fully saturated rings. The van der Waals surface area contributed by atoms with Crippen LogP contribution < -0.4 is 4.74 Å². The van der Waals surface area contributed by atoms with Crippen LogP contribution in [0.5, 0.6) is 5.75 Å². The first kappa shape index (κ1) is 15.5. The highest BCUT2D eigenvalue weighted by Crippen LogP contribution is 2.35. The molecule has 0 spiro atoms. The molecule has 1 atom stereocenters. The number of aliphatic hydroxyl groups is 1. The number of hydrogen-bond acceptors (Lipinski definition) is 2. The molecule has 0 aliphatic carbocycles. The summed E-state index contributed by atoms with van der Waals surface area (Å²) in [5.41, 5.74) is 2.73. The summed E-state index contributed by atoms with van der Waals surface area (Å²) in [7, 11) is 0. The molecule has 0 amide bonds. The lowest BCUT2D eigenvalue weighted by molar-refractivity contribution is 0.211. The third kappa shape index (κ3) is 3.43. The lowest BCUT2D eigenvalue weighted by Crippen LogP contribution is -2.05. The average Bonchev–Trinajstić information content (AvgIpc) is 2.40. The predicted molar refractivity (Wildman–Crippen MR) is 88.3 cm³/mol. The van der Waals surface area contributed by atoms with Crippen LogP contribution >= 0.6 is 31.9 Å². The summed E-state index contributed by atoms with van der Waals surface area (Å²) in [5.74, 6) is 0.704. The van der Waals surface area contributed by atoms with Crippen molar-refractivity contribution in [1.82, 2.24) is 0 Å². The Morgan fingerprint density at radius 1 is 1.10 bits per heavy atom. The highest BCUT2D eigenvalue weighted by atomic mass is 79.9. The van der Waals surface area contributed by atoms with Crippen LogP contribution in [0.4, 0.5) is 0 Å². The van der Waals surface area contributed by atoms with E-state index >= 15 is 0 Å². The molecule has 20 heavy (non-hydrogen) atoms. The van der Waals surface area contributed by atoms with Crippen molar-refractivity contribution in [2.45, 2.75) is 20.0 Å². The SMILES string of the molecule is CCOc1ccc(Br)cc1C(O)c1ccc(C)cc1Br. The lowest BCUT2D eigenvalue weighted by Gasteiger charge is -2.18. The second-order valence-corrected chi connectivity index (χ2v) is 6.31. The first-order valence-corrected chi connectivity index (χ1v) is 7.98. The molecule has 4 heteroatoms. The Balaban J connectivity index is 2.46.